The Balaban J connectivity index is 1.84. The zero-order valence-corrected chi connectivity index (χ0v) is 20.9. The van der Waals surface area contributed by atoms with E-state index in [-0.39, 0.29) is 11.9 Å². The number of urea groups is 1. The normalized spacial score (nSPS) is 19.5. The highest BCUT2D eigenvalue weighted by molar-refractivity contribution is 7.88. The van der Waals surface area contributed by atoms with Crippen LogP contribution >= 0.6 is 0 Å². The van der Waals surface area contributed by atoms with Crippen LogP contribution in [0.25, 0.3) is 0 Å². The average molecular weight is 496 g/mol. The van der Waals surface area contributed by atoms with Crippen LogP contribution in [0.1, 0.15) is 30.1 Å². The third-order valence-electron chi connectivity index (χ3n) is 6.17. The Hall–Kier alpha value is -3.56. The number of amides is 2. The van der Waals surface area contributed by atoms with E-state index in [4.69, 9.17) is 9.47 Å². The maximum Gasteiger partial charge on any atom is 0.326 e. The van der Waals surface area contributed by atoms with Crippen LogP contribution in [0.2, 0.25) is 0 Å². The lowest BCUT2D eigenvalue weighted by Crippen LogP contribution is -2.49. The molecule has 3 aromatic rings. The van der Waals surface area contributed by atoms with Gasteiger partial charge in [-0.3, -0.25) is 4.90 Å². The second kappa shape index (κ2) is 9.97. The van der Waals surface area contributed by atoms with Crippen LogP contribution < -0.4 is 24.4 Å². The highest BCUT2D eigenvalue weighted by atomic mass is 32.2. The van der Waals surface area contributed by atoms with Gasteiger partial charge in [0, 0.05) is 11.6 Å². The van der Waals surface area contributed by atoms with E-state index in [1.807, 2.05) is 37.3 Å². The number of nitrogens with one attached hydrogen (secondary N) is 2. The van der Waals surface area contributed by atoms with Crippen molar-refractivity contribution in [1.82, 2.24) is 4.72 Å². The zero-order chi connectivity index (χ0) is 25.2. The highest BCUT2D eigenvalue weighted by Crippen LogP contribution is 2.48. The first kappa shape index (κ1) is 24.6. The van der Waals surface area contributed by atoms with Gasteiger partial charge in [-0.05, 0) is 53.6 Å². The molecule has 0 spiro atoms. The summed E-state index contributed by atoms with van der Waals surface area (Å²) in [5.41, 5.74) is 2.78. The summed E-state index contributed by atoms with van der Waals surface area (Å²) in [4.78, 5) is 15.5. The maximum absolute atomic E-state index is 13.8. The third-order valence-corrected chi connectivity index (χ3v) is 6.86. The number of fused-ring (bicyclic) bond motifs is 1. The van der Waals surface area contributed by atoms with E-state index in [0.717, 1.165) is 11.8 Å². The summed E-state index contributed by atoms with van der Waals surface area (Å²) in [7, 11) is -0.407. The Morgan fingerprint density at radius 2 is 1.54 bits per heavy atom. The Morgan fingerprint density at radius 3 is 2.14 bits per heavy atom. The van der Waals surface area contributed by atoms with Crippen molar-refractivity contribution in [3.05, 3.63) is 83.9 Å². The van der Waals surface area contributed by atoms with Gasteiger partial charge in [-0.1, -0.05) is 37.3 Å². The van der Waals surface area contributed by atoms with E-state index in [9.17, 15) is 13.2 Å². The minimum Gasteiger partial charge on any atom is -0.497 e. The largest absolute Gasteiger partial charge is 0.497 e. The number of sulfonamides is 1. The molecule has 0 fully saturated rings. The van der Waals surface area contributed by atoms with Crippen molar-refractivity contribution in [2.75, 3.05) is 30.7 Å². The number of carbonyl (C=O) groups excluding carboxylic acids is 1. The Kier molecular flexibility index (Phi) is 7.00. The van der Waals surface area contributed by atoms with Crippen LogP contribution in [-0.2, 0) is 10.0 Å². The molecule has 0 saturated carbocycles. The highest BCUT2D eigenvalue weighted by Gasteiger charge is 2.43. The Bertz CT molecular complexity index is 1300. The number of methoxy groups -OCH3 is 2. The first-order valence-corrected chi connectivity index (χ1v) is 13.1. The molecule has 3 aromatic carbocycles. The fraction of sp³-hybridized carbons (Fsp3) is 0.269. The molecule has 8 nitrogen and oxygen atoms in total. The topological polar surface area (TPSA) is 97.0 Å². The van der Waals surface area contributed by atoms with Gasteiger partial charge in [-0.2, -0.15) is 0 Å². The molecule has 35 heavy (non-hydrogen) atoms. The molecular formula is C26H29N3O5S. The molecule has 3 atom stereocenters. The first-order chi connectivity index (χ1) is 16.7. The van der Waals surface area contributed by atoms with Gasteiger partial charge in [0.05, 0.1) is 38.2 Å². The predicted molar refractivity (Wildman–Crippen MR) is 137 cm³/mol. The van der Waals surface area contributed by atoms with Gasteiger partial charge in [-0.15, -0.1) is 0 Å². The molecule has 2 N–H and O–H groups in total. The first-order valence-electron chi connectivity index (χ1n) is 11.2. The average Bonchev–Trinajstić information content (AvgIpc) is 2.85. The van der Waals surface area contributed by atoms with E-state index < -0.39 is 22.1 Å². The van der Waals surface area contributed by atoms with Crippen molar-refractivity contribution in [2.45, 2.75) is 19.0 Å². The van der Waals surface area contributed by atoms with Crippen molar-refractivity contribution in [1.29, 1.82) is 0 Å². The SMILES string of the molecule is COc1ccc(NC(=O)N2c3ccc(OC)cc3[C@@H](NS(C)(=O)=O)[C@H](C)[C@H]2c2ccccc2)cc1. The van der Waals surface area contributed by atoms with Gasteiger partial charge in [0.1, 0.15) is 11.5 Å². The predicted octanol–water partition coefficient (Wildman–Crippen LogP) is 4.72. The number of benzene rings is 3. The second-order valence-electron chi connectivity index (χ2n) is 8.54. The van der Waals surface area contributed by atoms with Gasteiger partial charge in [0.15, 0.2) is 0 Å². The Morgan fingerprint density at radius 1 is 0.914 bits per heavy atom. The third kappa shape index (κ3) is 5.26. The lowest BCUT2D eigenvalue weighted by Gasteiger charge is -2.45. The van der Waals surface area contributed by atoms with Gasteiger partial charge in [0.2, 0.25) is 10.0 Å². The smallest absolute Gasteiger partial charge is 0.326 e. The summed E-state index contributed by atoms with van der Waals surface area (Å²) in [5, 5.41) is 2.98. The van der Waals surface area contributed by atoms with E-state index in [1.54, 1.807) is 61.6 Å². The van der Waals surface area contributed by atoms with Crippen LogP contribution in [0.5, 0.6) is 11.5 Å². The molecule has 9 heteroatoms. The second-order valence-corrected chi connectivity index (χ2v) is 10.3. The van der Waals surface area contributed by atoms with Crippen LogP contribution in [0, 0.1) is 5.92 Å². The molecule has 0 bridgehead atoms. The summed E-state index contributed by atoms with van der Waals surface area (Å²) in [6.45, 7) is 1.94. The van der Waals surface area contributed by atoms with Crippen molar-refractivity contribution in [3.8, 4) is 11.5 Å². The van der Waals surface area contributed by atoms with Crippen molar-refractivity contribution >= 4 is 27.4 Å². The van der Waals surface area contributed by atoms with Gasteiger partial charge in [0.25, 0.3) is 0 Å². The van der Waals surface area contributed by atoms with Crippen molar-refractivity contribution in [2.24, 2.45) is 5.92 Å². The lowest BCUT2D eigenvalue weighted by molar-refractivity contribution is 0.246. The summed E-state index contributed by atoms with van der Waals surface area (Å²) in [6.07, 6.45) is 1.14. The maximum atomic E-state index is 13.8. The summed E-state index contributed by atoms with van der Waals surface area (Å²) >= 11 is 0. The molecule has 1 heterocycles. The summed E-state index contributed by atoms with van der Waals surface area (Å²) in [5.74, 6) is 0.960. The van der Waals surface area contributed by atoms with E-state index >= 15 is 0 Å². The number of anilines is 2. The number of ether oxygens (including phenoxy) is 2. The van der Waals surface area contributed by atoms with Crippen LogP contribution in [0.4, 0.5) is 16.2 Å². The minimum absolute atomic E-state index is 0.298. The minimum atomic E-state index is -3.54. The molecule has 0 radical (unpaired) electrons. The molecule has 1 aliphatic heterocycles. The van der Waals surface area contributed by atoms with Crippen LogP contribution in [0.15, 0.2) is 72.8 Å². The molecule has 0 unspecified atom stereocenters. The number of nitrogens with zero attached hydrogens (tertiary/aromatic N) is 1. The number of hydrogen-bond donors (Lipinski definition) is 2. The van der Waals surface area contributed by atoms with Gasteiger partial charge >= 0.3 is 6.03 Å². The van der Waals surface area contributed by atoms with E-state index in [1.165, 1.54) is 0 Å². The monoisotopic (exact) mass is 495 g/mol. The van der Waals surface area contributed by atoms with E-state index in [0.29, 0.717) is 28.4 Å². The summed E-state index contributed by atoms with van der Waals surface area (Å²) < 4.78 is 38.0. The molecular weight excluding hydrogens is 466 g/mol. The van der Waals surface area contributed by atoms with Gasteiger partial charge in [-0.25, -0.2) is 17.9 Å². The molecule has 184 valence electrons. The number of hydrogen-bond acceptors (Lipinski definition) is 5. The fourth-order valence-corrected chi connectivity index (χ4v) is 5.38. The fourth-order valence-electron chi connectivity index (χ4n) is 4.58. The number of carbonyl (C=O) groups is 1. The van der Waals surface area contributed by atoms with Gasteiger partial charge < -0.3 is 14.8 Å². The molecule has 0 aliphatic carbocycles. The van der Waals surface area contributed by atoms with Crippen LogP contribution in [0.3, 0.4) is 0 Å². The molecule has 0 saturated heterocycles. The molecule has 0 aromatic heterocycles. The standard InChI is InChI=1S/C26H29N3O5S/c1-17-24(28-35(4,31)32)22-16-21(34-3)14-15-23(22)29(25(17)18-8-6-5-7-9-18)26(30)27-19-10-12-20(33-2)13-11-19/h5-17,24-25,28H,1-4H3,(H,27,30)/t17-,24-,25-/m0/s1. The Labute approximate surface area is 205 Å². The molecule has 1 aliphatic rings. The number of rotatable bonds is 6. The zero-order valence-electron chi connectivity index (χ0n) is 20.1. The lowest BCUT2D eigenvalue weighted by atomic mass is 9.79. The van der Waals surface area contributed by atoms with Crippen LogP contribution in [-0.4, -0.2) is 34.9 Å². The van der Waals surface area contributed by atoms with Crippen molar-refractivity contribution in [3.63, 3.8) is 0 Å². The quantitative estimate of drug-likeness (QED) is 0.516. The van der Waals surface area contributed by atoms with Crippen molar-refractivity contribution < 1.29 is 22.7 Å². The summed E-state index contributed by atoms with van der Waals surface area (Å²) in [6, 6.07) is 20.7. The van der Waals surface area contributed by atoms with E-state index in [2.05, 4.69) is 10.0 Å². The molecule has 2 amide bonds. The molecule has 4 rings (SSSR count).